The number of anilines is 1. The van der Waals surface area contributed by atoms with Gasteiger partial charge in [-0.25, -0.2) is 4.79 Å². The van der Waals surface area contributed by atoms with Crippen molar-refractivity contribution in [1.29, 1.82) is 0 Å². The van der Waals surface area contributed by atoms with Crippen molar-refractivity contribution in [2.24, 2.45) is 0 Å². The molecule has 0 unspecified atom stereocenters. The summed E-state index contributed by atoms with van der Waals surface area (Å²) in [5, 5.41) is 13.5. The summed E-state index contributed by atoms with van der Waals surface area (Å²) in [6.07, 6.45) is 0. The number of carboxylic acid groups (broad SMARTS) is 1. The predicted molar refractivity (Wildman–Crippen MR) is 68.1 cm³/mol. The smallest absolute Gasteiger partial charge is 0.325 e. The monoisotopic (exact) mass is 300 g/mol. The van der Waals surface area contributed by atoms with Gasteiger partial charge in [-0.3, -0.25) is 4.79 Å². The Morgan fingerprint density at radius 2 is 2.06 bits per heavy atom. The van der Waals surface area contributed by atoms with Gasteiger partial charge in [0, 0.05) is 10.2 Å². The standard InChI is InChI=1S/C11H13BrN2O3/c1-6-8(12)4-3-5-9(6)14-11(17)13-7(2)10(15)16/h3-5,7H,1-2H3,(H,15,16)(H2,13,14,17)/t7-/m0/s1. The summed E-state index contributed by atoms with van der Waals surface area (Å²) in [5.74, 6) is -1.08. The normalized spacial score (nSPS) is 11.7. The number of halogens is 1. The molecule has 0 aromatic heterocycles. The van der Waals surface area contributed by atoms with Crippen LogP contribution in [0.3, 0.4) is 0 Å². The summed E-state index contributed by atoms with van der Waals surface area (Å²) in [5.41, 5.74) is 1.51. The Kier molecular flexibility index (Phi) is 4.51. The summed E-state index contributed by atoms with van der Waals surface area (Å²) < 4.78 is 0.876. The molecule has 17 heavy (non-hydrogen) atoms. The molecule has 0 aliphatic heterocycles. The van der Waals surface area contributed by atoms with Crippen LogP contribution in [0.4, 0.5) is 10.5 Å². The number of hydrogen-bond acceptors (Lipinski definition) is 2. The molecule has 2 amide bonds. The molecule has 0 aliphatic rings. The molecule has 3 N–H and O–H groups in total. The van der Waals surface area contributed by atoms with Gasteiger partial charge in [0.25, 0.3) is 0 Å². The molecule has 1 atom stereocenters. The van der Waals surface area contributed by atoms with Crippen LogP contribution in [0.25, 0.3) is 0 Å². The van der Waals surface area contributed by atoms with Crippen LogP contribution in [0.15, 0.2) is 22.7 Å². The van der Waals surface area contributed by atoms with Gasteiger partial charge < -0.3 is 15.7 Å². The fourth-order valence-corrected chi connectivity index (χ4v) is 1.53. The Balaban J connectivity index is 2.69. The van der Waals surface area contributed by atoms with E-state index in [-0.39, 0.29) is 0 Å². The number of carbonyl (C=O) groups is 2. The molecule has 0 spiro atoms. The lowest BCUT2D eigenvalue weighted by Crippen LogP contribution is -2.40. The van der Waals surface area contributed by atoms with E-state index in [0.717, 1.165) is 10.0 Å². The van der Waals surface area contributed by atoms with E-state index in [1.165, 1.54) is 6.92 Å². The number of aliphatic carboxylic acids is 1. The lowest BCUT2D eigenvalue weighted by molar-refractivity contribution is -0.138. The number of carboxylic acids is 1. The summed E-state index contributed by atoms with van der Waals surface area (Å²) in [4.78, 5) is 22.0. The van der Waals surface area contributed by atoms with Crippen LogP contribution in [0, 0.1) is 6.92 Å². The van der Waals surface area contributed by atoms with Gasteiger partial charge in [0.2, 0.25) is 0 Å². The molecule has 1 aromatic rings. The molecular formula is C11H13BrN2O3. The summed E-state index contributed by atoms with van der Waals surface area (Å²) >= 11 is 3.34. The zero-order chi connectivity index (χ0) is 13.0. The van der Waals surface area contributed by atoms with Gasteiger partial charge >= 0.3 is 12.0 Å². The molecule has 1 aromatic carbocycles. The lowest BCUT2D eigenvalue weighted by Gasteiger charge is -2.12. The molecule has 0 fully saturated rings. The first kappa shape index (κ1) is 13.5. The number of nitrogens with one attached hydrogen (secondary N) is 2. The van der Waals surface area contributed by atoms with Crippen LogP contribution in [0.5, 0.6) is 0 Å². The summed E-state index contributed by atoms with van der Waals surface area (Å²) in [6, 6.07) is 3.92. The van der Waals surface area contributed by atoms with E-state index in [1.807, 2.05) is 13.0 Å². The van der Waals surface area contributed by atoms with Crippen LogP contribution >= 0.6 is 15.9 Å². The predicted octanol–water partition coefficient (Wildman–Crippen LogP) is 2.35. The van der Waals surface area contributed by atoms with Crippen LogP contribution in [-0.4, -0.2) is 23.1 Å². The Bertz CT molecular complexity index is 448. The maximum absolute atomic E-state index is 11.5. The maximum Gasteiger partial charge on any atom is 0.325 e. The second-order valence-electron chi connectivity index (χ2n) is 3.57. The Morgan fingerprint density at radius 3 is 2.65 bits per heavy atom. The molecule has 0 radical (unpaired) electrons. The van der Waals surface area contributed by atoms with E-state index in [9.17, 15) is 9.59 Å². The van der Waals surface area contributed by atoms with Crippen molar-refractivity contribution in [3.8, 4) is 0 Å². The third kappa shape index (κ3) is 3.74. The first-order valence-corrected chi connectivity index (χ1v) is 5.76. The van der Waals surface area contributed by atoms with Crippen LogP contribution < -0.4 is 10.6 Å². The Labute approximate surface area is 107 Å². The van der Waals surface area contributed by atoms with Crippen molar-refractivity contribution in [1.82, 2.24) is 5.32 Å². The van der Waals surface area contributed by atoms with Crippen molar-refractivity contribution in [3.05, 3.63) is 28.2 Å². The first-order chi connectivity index (χ1) is 7.91. The molecule has 1 rings (SSSR count). The van der Waals surface area contributed by atoms with Crippen LogP contribution in [-0.2, 0) is 4.79 Å². The molecule has 0 aliphatic carbocycles. The van der Waals surface area contributed by atoms with Gasteiger partial charge in [-0.05, 0) is 31.5 Å². The highest BCUT2D eigenvalue weighted by Crippen LogP contribution is 2.23. The van der Waals surface area contributed by atoms with Gasteiger partial charge in [-0.1, -0.05) is 22.0 Å². The lowest BCUT2D eigenvalue weighted by atomic mass is 10.2. The zero-order valence-corrected chi connectivity index (χ0v) is 11.0. The Morgan fingerprint density at radius 1 is 1.41 bits per heavy atom. The highest BCUT2D eigenvalue weighted by Gasteiger charge is 2.14. The molecule has 0 bridgehead atoms. The van der Waals surface area contributed by atoms with E-state index in [2.05, 4.69) is 26.6 Å². The van der Waals surface area contributed by atoms with Gasteiger partial charge in [-0.2, -0.15) is 0 Å². The van der Waals surface area contributed by atoms with E-state index in [0.29, 0.717) is 5.69 Å². The van der Waals surface area contributed by atoms with Crippen LogP contribution in [0.2, 0.25) is 0 Å². The topological polar surface area (TPSA) is 78.4 Å². The minimum absolute atomic E-state index is 0.541. The van der Waals surface area contributed by atoms with Crippen LogP contribution in [0.1, 0.15) is 12.5 Å². The quantitative estimate of drug-likeness (QED) is 0.802. The third-order valence-electron chi connectivity index (χ3n) is 2.23. The van der Waals surface area contributed by atoms with Gasteiger partial charge in [0.05, 0.1) is 0 Å². The number of carbonyl (C=O) groups excluding carboxylic acids is 1. The van der Waals surface area contributed by atoms with Gasteiger partial charge in [0.15, 0.2) is 0 Å². The summed E-state index contributed by atoms with van der Waals surface area (Å²) in [7, 11) is 0. The average Bonchev–Trinajstić information content (AvgIpc) is 2.24. The summed E-state index contributed by atoms with van der Waals surface area (Å²) in [6.45, 7) is 3.25. The number of hydrogen-bond donors (Lipinski definition) is 3. The molecule has 0 saturated heterocycles. The number of amides is 2. The largest absolute Gasteiger partial charge is 0.480 e. The second kappa shape index (κ2) is 5.67. The molecule has 0 saturated carbocycles. The minimum atomic E-state index is -1.08. The number of urea groups is 1. The van der Waals surface area contributed by atoms with Crippen molar-refractivity contribution in [2.45, 2.75) is 19.9 Å². The van der Waals surface area contributed by atoms with Crippen molar-refractivity contribution >= 4 is 33.6 Å². The van der Waals surface area contributed by atoms with E-state index < -0.39 is 18.0 Å². The minimum Gasteiger partial charge on any atom is -0.480 e. The fourth-order valence-electron chi connectivity index (χ4n) is 1.16. The molecule has 0 heterocycles. The highest BCUT2D eigenvalue weighted by atomic mass is 79.9. The average molecular weight is 301 g/mol. The van der Waals surface area contributed by atoms with Crippen molar-refractivity contribution in [3.63, 3.8) is 0 Å². The van der Waals surface area contributed by atoms with Crippen molar-refractivity contribution in [2.75, 3.05) is 5.32 Å². The molecule has 6 heteroatoms. The highest BCUT2D eigenvalue weighted by molar-refractivity contribution is 9.10. The first-order valence-electron chi connectivity index (χ1n) is 4.97. The SMILES string of the molecule is Cc1c(Br)cccc1NC(=O)N[C@@H](C)C(=O)O. The number of benzene rings is 1. The van der Waals surface area contributed by atoms with E-state index >= 15 is 0 Å². The number of rotatable bonds is 3. The third-order valence-corrected chi connectivity index (χ3v) is 3.09. The fraction of sp³-hybridized carbons (Fsp3) is 0.273. The van der Waals surface area contributed by atoms with Gasteiger partial charge in [0.1, 0.15) is 6.04 Å². The van der Waals surface area contributed by atoms with E-state index in [1.54, 1.807) is 12.1 Å². The van der Waals surface area contributed by atoms with Gasteiger partial charge in [-0.15, -0.1) is 0 Å². The Hall–Kier alpha value is -1.56. The molecule has 5 nitrogen and oxygen atoms in total. The second-order valence-corrected chi connectivity index (χ2v) is 4.43. The molecular weight excluding hydrogens is 288 g/mol. The molecule has 92 valence electrons. The maximum atomic E-state index is 11.5. The van der Waals surface area contributed by atoms with Crippen molar-refractivity contribution < 1.29 is 14.7 Å². The zero-order valence-electron chi connectivity index (χ0n) is 9.45. The van der Waals surface area contributed by atoms with E-state index in [4.69, 9.17) is 5.11 Å².